The van der Waals surface area contributed by atoms with Crippen LogP contribution in [0.2, 0.25) is 0 Å². The van der Waals surface area contributed by atoms with Crippen LogP contribution in [-0.4, -0.2) is 25.2 Å². The van der Waals surface area contributed by atoms with Crippen LogP contribution in [0.5, 0.6) is 0 Å². The van der Waals surface area contributed by atoms with Crippen molar-refractivity contribution in [3.8, 4) is 0 Å². The minimum Gasteiger partial charge on any atom is -0.358 e. The predicted molar refractivity (Wildman–Crippen MR) is 114 cm³/mol. The average molecular weight is 409 g/mol. The Morgan fingerprint density at radius 3 is 2.76 bits per heavy atom. The number of sulfonamides is 1. The van der Waals surface area contributed by atoms with E-state index in [1.165, 1.54) is 0 Å². The zero-order valence-electron chi connectivity index (χ0n) is 16.7. The highest BCUT2D eigenvalue weighted by Crippen LogP contribution is 2.39. The minimum absolute atomic E-state index is 0.128. The number of carbonyl (C=O) groups is 1. The molecule has 2 aromatic carbocycles. The van der Waals surface area contributed by atoms with Crippen molar-refractivity contribution >= 4 is 32.4 Å². The molecule has 0 bridgehead atoms. The van der Waals surface area contributed by atoms with Crippen molar-refractivity contribution in [2.45, 2.75) is 56.9 Å². The number of H-pyrrole nitrogens is 1. The van der Waals surface area contributed by atoms with Gasteiger partial charge in [-0.15, -0.1) is 0 Å². The van der Waals surface area contributed by atoms with Crippen LogP contribution in [0.1, 0.15) is 53.9 Å². The van der Waals surface area contributed by atoms with Crippen LogP contribution >= 0.6 is 0 Å². The molecule has 5 nitrogen and oxygen atoms in total. The Morgan fingerprint density at radius 2 is 1.97 bits per heavy atom. The van der Waals surface area contributed by atoms with E-state index in [1.54, 1.807) is 10.4 Å². The quantitative estimate of drug-likeness (QED) is 0.699. The first-order valence-corrected chi connectivity index (χ1v) is 11.7. The predicted octanol–water partition coefficient (Wildman–Crippen LogP) is 4.39. The van der Waals surface area contributed by atoms with Crippen LogP contribution in [0.25, 0.3) is 10.9 Å². The van der Waals surface area contributed by atoms with Gasteiger partial charge in [0.05, 0.1) is 10.6 Å². The lowest BCUT2D eigenvalue weighted by Crippen LogP contribution is -2.36. The number of aryl methyl sites for hydroxylation is 2. The van der Waals surface area contributed by atoms with Crippen molar-refractivity contribution in [1.29, 1.82) is 0 Å². The van der Waals surface area contributed by atoms with Crippen LogP contribution in [0, 0.1) is 0 Å². The monoisotopic (exact) mass is 408 g/mol. The van der Waals surface area contributed by atoms with Crippen LogP contribution in [0.15, 0.2) is 41.3 Å². The highest BCUT2D eigenvalue weighted by molar-refractivity contribution is 7.93. The third kappa shape index (κ3) is 2.65. The molecule has 2 aliphatic rings. The molecule has 0 amide bonds. The van der Waals surface area contributed by atoms with E-state index >= 15 is 0 Å². The van der Waals surface area contributed by atoms with Crippen LogP contribution in [0.3, 0.4) is 0 Å². The molecule has 6 heteroatoms. The minimum atomic E-state index is -3.72. The second kappa shape index (κ2) is 6.46. The Hall–Kier alpha value is -2.60. The van der Waals surface area contributed by atoms with Gasteiger partial charge in [-0.25, -0.2) is 8.42 Å². The fourth-order valence-electron chi connectivity index (χ4n) is 4.91. The SMILES string of the molecule is CCc1cc2c3c([nH]c2cc1S(=O)(=O)N1c2ccccc2CC1C)CCCC3=O. The molecule has 1 aliphatic heterocycles. The maximum absolute atomic E-state index is 13.8. The van der Waals surface area contributed by atoms with Gasteiger partial charge < -0.3 is 4.98 Å². The van der Waals surface area contributed by atoms with E-state index in [9.17, 15) is 13.2 Å². The molecule has 2 heterocycles. The lowest BCUT2D eigenvalue weighted by atomic mass is 9.94. The van der Waals surface area contributed by atoms with Gasteiger partial charge in [-0.2, -0.15) is 0 Å². The molecule has 1 aromatic heterocycles. The standard InChI is InChI=1S/C23H24N2O3S/c1-3-15-12-17-19(24-18-8-6-10-21(26)23(17)18)13-22(15)29(27,28)25-14(2)11-16-7-4-5-9-20(16)25/h4-5,7,9,12-14,24H,3,6,8,10-11H2,1-2H3. The number of anilines is 1. The van der Waals surface area contributed by atoms with Crippen molar-refractivity contribution in [3.05, 3.63) is 58.8 Å². The number of nitrogens with one attached hydrogen (secondary N) is 1. The number of aromatic amines is 1. The summed E-state index contributed by atoms with van der Waals surface area (Å²) in [6.45, 7) is 3.91. The molecule has 29 heavy (non-hydrogen) atoms. The molecule has 3 aromatic rings. The van der Waals surface area contributed by atoms with Crippen molar-refractivity contribution in [2.75, 3.05) is 4.31 Å². The number of benzene rings is 2. The lowest BCUT2D eigenvalue weighted by Gasteiger charge is -2.25. The number of aromatic nitrogens is 1. The summed E-state index contributed by atoms with van der Waals surface area (Å²) in [5.74, 6) is 0.150. The second-order valence-electron chi connectivity index (χ2n) is 8.10. The number of para-hydroxylation sites is 1. The van der Waals surface area contributed by atoms with Crippen molar-refractivity contribution in [1.82, 2.24) is 4.98 Å². The third-order valence-corrected chi connectivity index (χ3v) is 8.24. The molecule has 150 valence electrons. The number of Topliss-reactive ketones (excluding diaryl/α,β-unsaturated/α-hetero) is 1. The summed E-state index contributed by atoms with van der Waals surface area (Å²) in [6.07, 6.45) is 3.53. The normalized spacial score (nSPS) is 18.9. The number of fused-ring (bicyclic) bond motifs is 4. The van der Waals surface area contributed by atoms with E-state index in [4.69, 9.17) is 0 Å². The van der Waals surface area contributed by atoms with E-state index in [0.717, 1.165) is 51.8 Å². The van der Waals surface area contributed by atoms with E-state index in [2.05, 4.69) is 4.98 Å². The first kappa shape index (κ1) is 18.4. The van der Waals surface area contributed by atoms with Crippen LogP contribution in [-0.2, 0) is 29.3 Å². The number of hydrogen-bond donors (Lipinski definition) is 1. The van der Waals surface area contributed by atoms with Gasteiger partial charge in [-0.3, -0.25) is 9.10 Å². The summed E-state index contributed by atoms with van der Waals surface area (Å²) in [5, 5.41) is 0.857. The number of rotatable bonds is 3. The van der Waals surface area contributed by atoms with Gasteiger partial charge in [-0.05, 0) is 61.9 Å². The Bertz CT molecular complexity index is 1260. The maximum Gasteiger partial charge on any atom is 0.264 e. The Labute approximate surface area is 170 Å². The summed E-state index contributed by atoms with van der Waals surface area (Å²) in [4.78, 5) is 16.1. The number of hydrogen-bond acceptors (Lipinski definition) is 3. The van der Waals surface area contributed by atoms with Gasteiger partial charge in [0.25, 0.3) is 10.0 Å². The maximum atomic E-state index is 13.8. The zero-order chi connectivity index (χ0) is 20.3. The van der Waals surface area contributed by atoms with E-state index in [-0.39, 0.29) is 11.8 Å². The highest BCUT2D eigenvalue weighted by Gasteiger charge is 2.37. The van der Waals surface area contributed by atoms with Gasteiger partial charge in [0.2, 0.25) is 0 Å². The Balaban J connectivity index is 1.71. The van der Waals surface area contributed by atoms with E-state index in [1.807, 2.05) is 44.2 Å². The van der Waals surface area contributed by atoms with Crippen molar-refractivity contribution in [3.63, 3.8) is 0 Å². The second-order valence-corrected chi connectivity index (χ2v) is 9.88. The summed E-state index contributed by atoms with van der Waals surface area (Å²) in [7, 11) is -3.72. The number of nitrogens with zero attached hydrogens (tertiary/aromatic N) is 1. The largest absolute Gasteiger partial charge is 0.358 e. The highest BCUT2D eigenvalue weighted by atomic mass is 32.2. The molecule has 0 fully saturated rings. The first-order chi connectivity index (χ1) is 13.9. The number of carbonyl (C=O) groups excluding carboxylic acids is 1. The molecule has 1 aliphatic carbocycles. The van der Waals surface area contributed by atoms with Gasteiger partial charge in [0.1, 0.15) is 0 Å². The van der Waals surface area contributed by atoms with Crippen LogP contribution in [0.4, 0.5) is 5.69 Å². The summed E-state index contributed by atoms with van der Waals surface area (Å²) in [6, 6.07) is 11.2. The molecule has 1 N–H and O–H groups in total. The smallest absolute Gasteiger partial charge is 0.264 e. The molecule has 0 saturated heterocycles. The third-order valence-electron chi connectivity index (χ3n) is 6.23. The molecule has 1 unspecified atom stereocenters. The molecule has 0 spiro atoms. The molecule has 1 atom stereocenters. The van der Waals surface area contributed by atoms with Crippen LogP contribution < -0.4 is 4.31 Å². The van der Waals surface area contributed by atoms with Crippen molar-refractivity contribution < 1.29 is 13.2 Å². The lowest BCUT2D eigenvalue weighted by molar-refractivity contribution is 0.0974. The fourth-order valence-corrected chi connectivity index (χ4v) is 6.90. The first-order valence-electron chi connectivity index (χ1n) is 10.2. The number of ketones is 1. The molecule has 5 rings (SSSR count). The Kier molecular flexibility index (Phi) is 4.10. The summed E-state index contributed by atoms with van der Waals surface area (Å²) < 4.78 is 29.1. The van der Waals surface area contributed by atoms with E-state index < -0.39 is 10.0 Å². The van der Waals surface area contributed by atoms with Gasteiger partial charge in [0, 0.05) is 34.6 Å². The van der Waals surface area contributed by atoms with E-state index in [0.29, 0.717) is 24.2 Å². The Morgan fingerprint density at radius 1 is 1.17 bits per heavy atom. The van der Waals surface area contributed by atoms with Gasteiger partial charge in [0.15, 0.2) is 5.78 Å². The van der Waals surface area contributed by atoms with Crippen molar-refractivity contribution in [2.24, 2.45) is 0 Å². The fraction of sp³-hybridized carbons (Fsp3) is 0.348. The topological polar surface area (TPSA) is 70.2 Å². The molecule has 0 saturated carbocycles. The molecular weight excluding hydrogens is 384 g/mol. The van der Waals surface area contributed by atoms with Gasteiger partial charge >= 0.3 is 0 Å². The summed E-state index contributed by atoms with van der Waals surface area (Å²) >= 11 is 0. The zero-order valence-corrected chi connectivity index (χ0v) is 17.5. The average Bonchev–Trinajstić information content (AvgIpc) is 3.23. The summed E-state index contributed by atoms with van der Waals surface area (Å²) in [5.41, 5.74) is 5.01. The van der Waals surface area contributed by atoms with Gasteiger partial charge in [-0.1, -0.05) is 25.1 Å². The molecular formula is C23H24N2O3S. The molecule has 0 radical (unpaired) electrons.